The summed E-state index contributed by atoms with van der Waals surface area (Å²) in [7, 11) is 0. The van der Waals surface area contributed by atoms with Gasteiger partial charge in [0.2, 0.25) is 0 Å². The molecule has 2 aromatic rings. The number of hydrogen-bond acceptors (Lipinski definition) is 3. The van der Waals surface area contributed by atoms with Crippen molar-refractivity contribution >= 4 is 11.5 Å². The van der Waals surface area contributed by atoms with Gasteiger partial charge in [0.1, 0.15) is 5.69 Å². The molecule has 0 amide bonds. The molecule has 1 aromatic heterocycles. The van der Waals surface area contributed by atoms with Crippen LogP contribution in [0.2, 0.25) is 0 Å². The number of aromatic nitrogens is 1. The largest absolute Gasteiger partial charge is 0.340 e. The lowest BCUT2D eigenvalue weighted by Crippen LogP contribution is -2.28. The van der Waals surface area contributed by atoms with E-state index < -0.39 is 0 Å². The molecule has 0 atom stereocenters. The molecule has 2 heterocycles. The Balaban J connectivity index is 0.000000924. The Morgan fingerprint density at radius 3 is 2.57 bits per heavy atom. The Morgan fingerprint density at radius 2 is 1.96 bits per heavy atom. The molecule has 0 fully saturated rings. The maximum absolute atomic E-state index is 11.3. The number of Topliss-reactive ketones (excluding diaryl/α,β-unsaturated/α-hetero) is 1. The zero-order valence-electron chi connectivity index (χ0n) is 14.4. The summed E-state index contributed by atoms with van der Waals surface area (Å²) in [6.45, 7) is 12.7. The van der Waals surface area contributed by atoms with Crippen LogP contribution in [0, 0.1) is 6.92 Å². The second kappa shape index (κ2) is 7.23. The minimum absolute atomic E-state index is 0.0139. The van der Waals surface area contributed by atoms with Gasteiger partial charge in [-0.05, 0) is 35.7 Å². The van der Waals surface area contributed by atoms with Gasteiger partial charge in [0, 0.05) is 25.6 Å². The van der Waals surface area contributed by atoms with E-state index in [9.17, 15) is 4.79 Å². The summed E-state index contributed by atoms with van der Waals surface area (Å²) in [5.41, 5.74) is 6.58. The van der Waals surface area contributed by atoms with Crippen LogP contribution in [-0.4, -0.2) is 10.8 Å². The first-order chi connectivity index (χ1) is 11.1. The number of allylic oxidation sites excluding steroid dienone is 1. The number of rotatable bonds is 2. The highest BCUT2D eigenvalue weighted by molar-refractivity contribution is 5.92. The van der Waals surface area contributed by atoms with E-state index in [1.807, 2.05) is 19.9 Å². The second-order valence-electron chi connectivity index (χ2n) is 5.50. The van der Waals surface area contributed by atoms with Crippen LogP contribution in [0.5, 0.6) is 0 Å². The van der Waals surface area contributed by atoms with Crippen molar-refractivity contribution in [1.29, 1.82) is 0 Å². The fourth-order valence-corrected chi connectivity index (χ4v) is 2.77. The van der Waals surface area contributed by atoms with E-state index in [2.05, 4.69) is 41.6 Å². The monoisotopic (exact) mass is 308 g/mol. The highest BCUT2D eigenvalue weighted by Crippen LogP contribution is 2.31. The maximum atomic E-state index is 11.3. The van der Waals surface area contributed by atoms with Gasteiger partial charge in [-0.3, -0.25) is 9.78 Å². The minimum atomic E-state index is -0.0139. The first kappa shape index (κ1) is 16.9. The quantitative estimate of drug-likeness (QED) is 0.754. The SMILES string of the molecule is C=C1Cc2c(C)cccc2CN1c1ccc(C(C)=O)nc1.CC. The Kier molecular flexibility index (Phi) is 5.32. The molecule has 0 unspecified atom stereocenters. The Morgan fingerprint density at radius 1 is 1.22 bits per heavy atom. The first-order valence-electron chi connectivity index (χ1n) is 8.06. The van der Waals surface area contributed by atoms with Gasteiger partial charge in [-0.15, -0.1) is 0 Å². The number of anilines is 1. The molecule has 1 aromatic carbocycles. The Labute approximate surface area is 138 Å². The van der Waals surface area contributed by atoms with Gasteiger partial charge in [0.25, 0.3) is 0 Å². The van der Waals surface area contributed by atoms with Gasteiger partial charge in [-0.25, -0.2) is 0 Å². The number of ketones is 1. The highest BCUT2D eigenvalue weighted by Gasteiger charge is 2.21. The third kappa shape index (κ3) is 3.50. The molecule has 120 valence electrons. The smallest absolute Gasteiger partial charge is 0.178 e. The summed E-state index contributed by atoms with van der Waals surface area (Å²) in [4.78, 5) is 17.7. The van der Waals surface area contributed by atoms with Gasteiger partial charge in [-0.1, -0.05) is 38.6 Å². The molecule has 3 rings (SSSR count). The minimum Gasteiger partial charge on any atom is -0.340 e. The number of pyridine rings is 1. The Bertz CT molecular complexity index is 717. The van der Waals surface area contributed by atoms with Gasteiger partial charge >= 0.3 is 0 Å². The summed E-state index contributed by atoms with van der Waals surface area (Å²) in [6.07, 6.45) is 2.61. The number of aryl methyl sites for hydroxylation is 1. The summed E-state index contributed by atoms with van der Waals surface area (Å²) in [5.74, 6) is -0.0139. The molecule has 0 bridgehead atoms. The van der Waals surface area contributed by atoms with Crippen molar-refractivity contribution in [3.8, 4) is 0 Å². The van der Waals surface area contributed by atoms with Crippen molar-refractivity contribution in [2.75, 3.05) is 4.90 Å². The molecule has 1 aliphatic rings. The van der Waals surface area contributed by atoms with E-state index in [-0.39, 0.29) is 5.78 Å². The van der Waals surface area contributed by atoms with Crippen molar-refractivity contribution in [3.05, 3.63) is 71.2 Å². The van der Waals surface area contributed by atoms with Crippen LogP contribution in [0.1, 0.15) is 48.0 Å². The van der Waals surface area contributed by atoms with E-state index in [1.54, 1.807) is 12.3 Å². The summed E-state index contributed by atoms with van der Waals surface area (Å²) in [6, 6.07) is 10.1. The van der Waals surface area contributed by atoms with Crippen LogP contribution < -0.4 is 4.90 Å². The third-order valence-electron chi connectivity index (χ3n) is 4.02. The van der Waals surface area contributed by atoms with Crippen molar-refractivity contribution in [3.63, 3.8) is 0 Å². The molecule has 3 heteroatoms. The number of carbonyl (C=O) groups is 1. The normalized spacial score (nSPS) is 13.0. The summed E-state index contributed by atoms with van der Waals surface area (Å²) in [5, 5.41) is 0. The predicted molar refractivity (Wildman–Crippen MR) is 95.8 cm³/mol. The van der Waals surface area contributed by atoms with Crippen LogP contribution in [0.25, 0.3) is 0 Å². The number of fused-ring (bicyclic) bond motifs is 1. The standard InChI is InChI=1S/C18H18N2O.C2H6/c1-12-5-4-6-15-11-20(13(2)9-17(12)15)16-7-8-18(14(3)21)19-10-16;1-2/h4-8,10H,2,9,11H2,1,3H3;1-2H3. The van der Waals surface area contributed by atoms with Gasteiger partial charge in [0.15, 0.2) is 5.78 Å². The molecule has 1 aliphatic heterocycles. The molecule has 0 saturated carbocycles. The molecule has 23 heavy (non-hydrogen) atoms. The van der Waals surface area contributed by atoms with Crippen LogP contribution in [0.15, 0.2) is 48.8 Å². The van der Waals surface area contributed by atoms with Crippen molar-refractivity contribution in [2.45, 2.75) is 40.7 Å². The average molecular weight is 308 g/mol. The molecule has 0 spiro atoms. The van der Waals surface area contributed by atoms with Crippen molar-refractivity contribution < 1.29 is 4.79 Å². The van der Waals surface area contributed by atoms with Gasteiger partial charge < -0.3 is 4.90 Å². The van der Waals surface area contributed by atoms with E-state index in [0.717, 1.165) is 24.4 Å². The lowest BCUT2D eigenvalue weighted by molar-refractivity contribution is 0.101. The molecule has 0 saturated heterocycles. The fourth-order valence-electron chi connectivity index (χ4n) is 2.77. The zero-order chi connectivity index (χ0) is 17.0. The molecule has 0 radical (unpaired) electrons. The summed E-state index contributed by atoms with van der Waals surface area (Å²) >= 11 is 0. The van der Waals surface area contributed by atoms with Crippen molar-refractivity contribution in [2.24, 2.45) is 0 Å². The van der Waals surface area contributed by atoms with E-state index in [1.165, 1.54) is 23.6 Å². The number of carbonyl (C=O) groups excluding carboxylic acids is 1. The maximum Gasteiger partial charge on any atom is 0.178 e. The molecule has 3 nitrogen and oxygen atoms in total. The van der Waals surface area contributed by atoms with E-state index >= 15 is 0 Å². The fraction of sp³-hybridized carbons (Fsp3) is 0.300. The van der Waals surface area contributed by atoms with Crippen molar-refractivity contribution in [1.82, 2.24) is 4.98 Å². The number of hydrogen-bond donors (Lipinski definition) is 0. The topological polar surface area (TPSA) is 33.2 Å². The average Bonchev–Trinajstić information content (AvgIpc) is 2.57. The molecule has 0 aliphatic carbocycles. The van der Waals surface area contributed by atoms with Crippen LogP contribution in [-0.2, 0) is 13.0 Å². The predicted octanol–water partition coefficient (Wildman–Crippen LogP) is 4.70. The summed E-state index contributed by atoms with van der Waals surface area (Å²) < 4.78 is 0. The van der Waals surface area contributed by atoms with Crippen LogP contribution in [0.3, 0.4) is 0 Å². The number of nitrogens with zero attached hydrogens (tertiary/aromatic N) is 2. The molecule has 0 N–H and O–H groups in total. The van der Waals surface area contributed by atoms with Crippen LogP contribution >= 0.6 is 0 Å². The van der Waals surface area contributed by atoms with Gasteiger partial charge in [-0.2, -0.15) is 0 Å². The zero-order valence-corrected chi connectivity index (χ0v) is 14.4. The third-order valence-corrected chi connectivity index (χ3v) is 4.02. The second-order valence-corrected chi connectivity index (χ2v) is 5.50. The first-order valence-corrected chi connectivity index (χ1v) is 8.06. The van der Waals surface area contributed by atoms with Gasteiger partial charge in [0.05, 0.1) is 11.9 Å². The lowest BCUT2D eigenvalue weighted by atomic mass is 9.93. The van der Waals surface area contributed by atoms with E-state index in [4.69, 9.17) is 0 Å². The lowest BCUT2D eigenvalue weighted by Gasteiger charge is -2.33. The molecular formula is C20H24N2O. The van der Waals surface area contributed by atoms with E-state index in [0.29, 0.717) is 5.69 Å². The number of benzene rings is 1. The highest BCUT2D eigenvalue weighted by atomic mass is 16.1. The molecular weight excluding hydrogens is 284 g/mol. The Hall–Kier alpha value is -2.42. The van der Waals surface area contributed by atoms with Crippen LogP contribution in [0.4, 0.5) is 5.69 Å².